The summed E-state index contributed by atoms with van der Waals surface area (Å²) in [5.74, 6) is 0. The summed E-state index contributed by atoms with van der Waals surface area (Å²) < 4.78 is 3.74. The lowest BCUT2D eigenvalue weighted by Gasteiger charge is -2.03. The number of halogens is 1. The van der Waals surface area contributed by atoms with Crippen molar-refractivity contribution in [1.29, 1.82) is 0 Å². The summed E-state index contributed by atoms with van der Waals surface area (Å²) in [5.41, 5.74) is 2.21. The Balaban J connectivity index is 0.00000144. The number of aryl methyl sites for hydroxylation is 1. The van der Waals surface area contributed by atoms with Gasteiger partial charge in [-0.1, -0.05) is 0 Å². The molecule has 17 heavy (non-hydrogen) atoms. The highest BCUT2D eigenvalue weighted by Gasteiger charge is 2.02. The maximum atomic E-state index is 4.29. The Morgan fingerprint density at radius 1 is 1.24 bits per heavy atom. The minimum atomic E-state index is 0. The van der Waals surface area contributed by atoms with E-state index in [9.17, 15) is 0 Å². The first-order valence-electron chi connectivity index (χ1n) is 5.40. The van der Waals surface area contributed by atoms with Crippen LogP contribution in [0.2, 0.25) is 0 Å². The second-order valence-corrected chi connectivity index (χ2v) is 4.18. The molecule has 2 heterocycles. The van der Waals surface area contributed by atoms with E-state index in [1.54, 1.807) is 4.68 Å². The molecule has 5 nitrogen and oxygen atoms in total. The molecular weight excluding hydrogens is 238 g/mol. The quantitative estimate of drug-likeness (QED) is 0.912. The van der Waals surface area contributed by atoms with Crippen LogP contribution >= 0.6 is 12.4 Å². The summed E-state index contributed by atoms with van der Waals surface area (Å²) in [4.78, 5) is 0. The zero-order chi connectivity index (χ0) is 11.5. The molecule has 0 aromatic carbocycles. The van der Waals surface area contributed by atoms with Gasteiger partial charge in [-0.25, -0.2) is 0 Å². The first-order chi connectivity index (χ1) is 7.65. The number of nitrogens with zero attached hydrogens (tertiary/aromatic N) is 4. The van der Waals surface area contributed by atoms with Gasteiger partial charge in [-0.05, 0) is 13.8 Å². The van der Waals surface area contributed by atoms with Crippen molar-refractivity contribution in [3.8, 4) is 0 Å². The van der Waals surface area contributed by atoms with E-state index in [2.05, 4.69) is 35.6 Å². The first-order valence-corrected chi connectivity index (χ1v) is 5.40. The fourth-order valence-corrected chi connectivity index (χ4v) is 1.47. The Kier molecular flexibility index (Phi) is 4.57. The topological polar surface area (TPSA) is 47.7 Å². The van der Waals surface area contributed by atoms with Crippen LogP contribution in [0.3, 0.4) is 0 Å². The lowest BCUT2D eigenvalue weighted by atomic mass is 10.3. The molecule has 0 bridgehead atoms. The summed E-state index contributed by atoms with van der Waals surface area (Å²) in [6.07, 6.45) is 7.72. The molecule has 0 aliphatic heterocycles. The molecule has 0 aliphatic carbocycles. The molecule has 6 heteroatoms. The van der Waals surface area contributed by atoms with Crippen LogP contribution in [0.5, 0.6) is 0 Å². The van der Waals surface area contributed by atoms with Crippen molar-refractivity contribution in [2.75, 3.05) is 5.32 Å². The fraction of sp³-hybridized carbons (Fsp3) is 0.455. The largest absolute Gasteiger partial charge is 0.378 e. The standard InChI is InChI=1S/C11H17N5.ClH/c1-9(2)16-7-10(5-14-16)4-12-11-6-13-15(3)8-11;/h5-9,12H,4H2,1-3H3;1H. The Morgan fingerprint density at radius 2 is 2.00 bits per heavy atom. The summed E-state index contributed by atoms with van der Waals surface area (Å²) in [7, 11) is 1.90. The van der Waals surface area contributed by atoms with E-state index in [-0.39, 0.29) is 12.4 Å². The normalized spacial score (nSPS) is 10.4. The van der Waals surface area contributed by atoms with E-state index in [0.717, 1.165) is 12.2 Å². The zero-order valence-electron chi connectivity index (χ0n) is 10.3. The van der Waals surface area contributed by atoms with Crippen LogP contribution in [0, 0.1) is 0 Å². The van der Waals surface area contributed by atoms with Gasteiger partial charge < -0.3 is 5.32 Å². The number of aromatic nitrogens is 4. The Labute approximate surface area is 107 Å². The molecule has 0 saturated heterocycles. The van der Waals surface area contributed by atoms with Gasteiger partial charge in [-0.3, -0.25) is 9.36 Å². The van der Waals surface area contributed by atoms with Gasteiger partial charge in [-0.2, -0.15) is 10.2 Å². The number of anilines is 1. The maximum absolute atomic E-state index is 4.29. The third-order valence-corrected chi connectivity index (χ3v) is 2.39. The first kappa shape index (κ1) is 13.6. The molecule has 2 aromatic rings. The third-order valence-electron chi connectivity index (χ3n) is 2.39. The lowest BCUT2D eigenvalue weighted by Crippen LogP contribution is -2.01. The molecule has 0 unspecified atom stereocenters. The molecule has 0 fully saturated rings. The van der Waals surface area contributed by atoms with E-state index in [1.165, 1.54) is 5.56 Å². The summed E-state index contributed by atoms with van der Waals surface area (Å²) in [5, 5.41) is 11.7. The minimum Gasteiger partial charge on any atom is -0.378 e. The highest BCUT2D eigenvalue weighted by atomic mass is 35.5. The van der Waals surface area contributed by atoms with Gasteiger partial charge in [0.25, 0.3) is 0 Å². The number of nitrogens with one attached hydrogen (secondary N) is 1. The second kappa shape index (κ2) is 5.72. The molecule has 0 amide bonds. The van der Waals surface area contributed by atoms with E-state index >= 15 is 0 Å². The highest BCUT2D eigenvalue weighted by Crippen LogP contribution is 2.09. The molecule has 1 N–H and O–H groups in total. The second-order valence-electron chi connectivity index (χ2n) is 4.18. The van der Waals surface area contributed by atoms with Crippen LogP contribution in [-0.4, -0.2) is 19.6 Å². The van der Waals surface area contributed by atoms with Gasteiger partial charge in [0.2, 0.25) is 0 Å². The van der Waals surface area contributed by atoms with E-state index in [4.69, 9.17) is 0 Å². The molecule has 0 aliphatic rings. The summed E-state index contributed by atoms with van der Waals surface area (Å²) in [6, 6.07) is 0.409. The molecule has 0 radical (unpaired) electrons. The molecule has 0 spiro atoms. The molecular formula is C11H18ClN5. The highest BCUT2D eigenvalue weighted by molar-refractivity contribution is 5.85. The average molecular weight is 256 g/mol. The predicted octanol–water partition coefficient (Wildman–Crippen LogP) is 2.23. The summed E-state index contributed by atoms with van der Waals surface area (Å²) in [6.45, 7) is 5.01. The van der Waals surface area contributed by atoms with Crippen LogP contribution in [0.25, 0.3) is 0 Å². The fourth-order valence-electron chi connectivity index (χ4n) is 1.47. The van der Waals surface area contributed by atoms with Crippen molar-refractivity contribution in [2.45, 2.75) is 26.4 Å². The zero-order valence-corrected chi connectivity index (χ0v) is 11.1. The molecule has 2 aromatic heterocycles. The van der Waals surface area contributed by atoms with Crippen LogP contribution in [0.4, 0.5) is 5.69 Å². The third kappa shape index (κ3) is 3.49. The van der Waals surface area contributed by atoms with Gasteiger partial charge in [0.05, 0.1) is 18.1 Å². The predicted molar refractivity (Wildman–Crippen MR) is 70.4 cm³/mol. The number of hydrogen-bond acceptors (Lipinski definition) is 3. The van der Waals surface area contributed by atoms with E-state index < -0.39 is 0 Å². The van der Waals surface area contributed by atoms with Crippen molar-refractivity contribution >= 4 is 18.1 Å². The molecule has 0 saturated carbocycles. The van der Waals surface area contributed by atoms with Gasteiger partial charge in [0.1, 0.15) is 0 Å². The van der Waals surface area contributed by atoms with Crippen molar-refractivity contribution < 1.29 is 0 Å². The van der Waals surface area contributed by atoms with Crippen LogP contribution in [0.1, 0.15) is 25.5 Å². The van der Waals surface area contributed by atoms with Crippen molar-refractivity contribution in [3.63, 3.8) is 0 Å². The molecule has 0 atom stereocenters. The average Bonchev–Trinajstić information content (AvgIpc) is 2.83. The minimum absolute atomic E-state index is 0. The smallest absolute Gasteiger partial charge is 0.0729 e. The lowest BCUT2D eigenvalue weighted by molar-refractivity contribution is 0.532. The number of rotatable bonds is 4. The van der Waals surface area contributed by atoms with Crippen molar-refractivity contribution in [3.05, 3.63) is 30.4 Å². The van der Waals surface area contributed by atoms with Gasteiger partial charge >= 0.3 is 0 Å². The van der Waals surface area contributed by atoms with Crippen LogP contribution in [-0.2, 0) is 13.6 Å². The monoisotopic (exact) mass is 255 g/mol. The van der Waals surface area contributed by atoms with Gasteiger partial charge in [-0.15, -0.1) is 12.4 Å². The van der Waals surface area contributed by atoms with Crippen LogP contribution < -0.4 is 5.32 Å². The van der Waals surface area contributed by atoms with Gasteiger partial charge in [0, 0.05) is 37.6 Å². The number of hydrogen-bond donors (Lipinski definition) is 1. The maximum Gasteiger partial charge on any atom is 0.0729 e. The van der Waals surface area contributed by atoms with Crippen molar-refractivity contribution in [2.24, 2.45) is 7.05 Å². The van der Waals surface area contributed by atoms with Gasteiger partial charge in [0.15, 0.2) is 0 Å². The molecule has 2 rings (SSSR count). The summed E-state index contributed by atoms with van der Waals surface area (Å²) >= 11 is 0. The Bertz CT molecular complexity index is 460. The van der Waals surface area contributed by atoms with Crippen molar-refractivity contribution in [1.82, 2.24) is 19.6 Å². The van der Waals surface area contributed by atoms with E-state index in [1.807, 2.05) is 30.3 Å². The molecule has 94 valence electrons. The Morgan fingerprint density at radius 3 is 2.53 bits per heavy atom. The van der Waals surface area contributed by atoms with E-state index in [0.29, 0.717) is 6.04 Å². The Hall–Kier alpha value is -1.49. The van der Waals surface area contributed by atoms with Crippen LogP contribution in [0.15, 0.2) is 24.8 Å². The SMILES string of the molecule is CC(C)n1cc(CNc2cnn(C)c2)cn1.Cl.